The molecule has 1 aromatic carbocycles. The third-order valence-corrected chi connectivity index (χ3v) is 3.91. The SMILES string of the molecule is CC1CC1C(Br)Cc1ccccc1. The zero-order chi connectivity index (χ0) is 9.26. The van der Waals surface area contributed by atoms with Gasteiger partial charge in [-0.05, 0) is 30.2 Å². The first-order valence-corrected chi connectivity index (χ1v) is 5.87. The quantitative estimate of drug-likeness (QED) is 0.706. The Kier molecular flexibility index (Phi) is 2.73. The monoisotopic (exact) mass is 238 g/mol. The van der Waals surface area contributed by atoms with Crippen LogP contribution in [0.2, 0.25) is 0 Å². The van der Waals surface area contributed by atoms with Gasteiger partial charge in [-0.25, -0.2) is 0 Å². The van der Waals surface area contributed by atoms with Crippen LogP contribution in [-0.4, -0.2) is 4.83 Å². The van der Waals surface area contributed by atoms with E-state index in [1.807, 2.05) is 0 Å². The van der Waals surface area contributed by atoms with E-state index in [2.05, 4.69) is 53.2 Å². The van der Waals surface area contributed by atoms with Gasteiger partial charge in [0.25, 0.3) is 0 Å². The lowest BCUT2D eigenvalue weighted by Crippen LogP contribution is -2.05. The molecule has 1 aromatic rings. The number of hydrogen-bond acceptors (Lipinski definition) is 0. The van der Waals surface area contributed by atoms with Gasteiger partial charge in [-0.3, -0.25) is 0 Å². The van der Waals surface area contributed by atoms with Crippen LogP contribution in [0.25, 0.3) is 0 Å². The predicted molar refractivity (Wildman–Crippen MR) is 60.1 cm³/mol. The van der Waals surface area contributed by atoms with Gasteiger partial charge in [-0.15, -0.1) is 0 Å². The smallest absolute Gasteiger partial charge is 0.0217 e. The topological polar surface area (TPSA) is 0 Å². The van der Waals surface area contributed by atoms with Gasteiger partial charge >= 0.3 is 0 Å². The molecule has 0 aliphatic heterocycles. The van der Waals surface area contributed by atoms with E-state index in [1.54, 1.807) is 0 Å². The summed E-state index contributed by atoms with van der Waals surface area (Å²) in [5, 5.41) is 0. The average molecular weight is 239 g/mol. The first kappa shape index (κ1) is 9.26. The minimum absolute atomic E-state index is 0.685. The largest absolute Gasteiger partial charge is 0.0884 e. The molecule has 2 rings (SSSR count). The van der Waals surface area contributed by atoms with Gasteiger partial charge < -0.3 is 0 Å². The number of rotatable bonds is 3. The molecule has 0 saturated heterocycles. The van der Waals surface area contributed by atoms with E-state index in [0.29, 0.717) is 4.83 Å². The maximum atomic E-state index is 3.78. The van der Waals surface area contributed by atoms with E-state index < -0.39 is 0 Å². The summed E-state index contributed by atoms with van der Waals surface area (Å²) in [7, 11) is 0. The fraction of sp³-hybridized carbons (Fsp3) is 0.500. The molecule has 0 spiro atoms. The minimum atomic E-state index is 0.685. The second-order valence-electron chi connectivity index (χ2n) is 4.08. The molecule has 0 radical (unpaired) electrons. The predicted octanol–water partition coefficient (Wildman–Crippen LogP) is 3.65. The van der Waals surface area contributed by atoms with Crippen molar-refractivity contribution in [3.8, 4) is 0 Å². The molecule has 1 aliphatic rings. The van der Waals surface area contributed by atoms with Gasteiger partial charge in [0.05, 0.1) is 0 Å². The highest BCUT2D eigenvalue weighted by molar-refractivity contribution is 9.09. The van der Waals surface area contributed by atoms with Crippen molar-refractivity contribution in [2.75, 3.05) is 0 Å². The van der Waals surface area contributed by atoms with Crippen LogP contribution in [0.3, 0.4) is 0 Å². The number of halogens is 1. The van der Waals surface area contributed by atoms with Crippen LogP contribution in [-0.2, 0) is 6.42 Å². The van der Waals surface area contributed by atoms with Crippen molar-refractivity contribution in [2.24, 2.45) is 11.8 Å². The molecule has 13 heavy (non-hydrogen) atoms. The van der Waals surface area contributed by atoms with Gasteiger partial charge in [0.2, 0.25) is 0 Å². The molecule has 1 heteroatoms. The molecule has 1 fully saturated rings. The van der Waals surface area contributed by atoms with E-state index in [0.717, 1.165) is 11.8 Å². The molecule has 0 aromatic heterocycles. The maximum Gasteiger partial charge on any atom is 0.0217 e. The molecule has 3 unspecified atom stereocenters. The Bertz CT molecular complexity index is 268. The fourth-order valence-corrected chi connectivity index (χ4v) is 2.96. The third-order valence-electron chi connectivity index (χ3n) is 2.91. The maximum absolute atomic E-state index is 3.78. The van der Waals surface area contributed by atoms with Crippen LogP contribution < -0.4 is 0 Å². The lowest BCUT2D eigenvalue weighted by molar-refractivity contribution is 0.701. The molecule has 0 N–H and O–H groups in total. The first-order valence-electron chi connectivity index (χ1n) is 4.95. The van der Waals surface area contributed by atoms with Crippen LogP contribution in [0.5, 0.6) is 0 Å². The van der Waals surface area contributed by atoms with E-state index in [4.69, 9.17) is 0 Å². The van der Waals surface area contributed by atoms with Gasteiger partial charge in [-0.1, -0.05) is 53.2 Å². The lowest BCUT2D eigenvalue weighted by atomic mass is 10.1. The highest BCUT2D eigenvalue weighted by Gasteiger charge is 2.37. The Morgan fingerprint density at radius 1 is 1.38 bits per heavy atom. The molecule has 0 heterocycles. The summed E-state index contributed by atoms with van der Waals surface area (Å²) in [6.45, 7) is 2.34. The van der Waals surface area contributed by atoms with Crippen molar-refractivity contribution >= 4 is 15.9 Å². The zero-order valence-electron chi connectivity index (χ0n) is 7.91. The molecular weight excluding hydrogens is 224 g/mol. The molecule has 3 atom stereocenters. The molecular formula is C12H15Br. The van der Waals surface area contributed by atoms with Crippen molar-refractivity contribution in [1.82, 2.24) is 0 Å². The Morgan fingerprint density at radius 2 is 2.00 bits per heavy atom. The molecule has 0 amide bonds. The van der Waals surface area contributed by atoms with E-state index in [9.17, 15) is 0 Å². The zero-order valence-corrected chi connectivity index (χ0v) is 9.50. The second-order valence-corrected chi connectivity index (χ2v) is 5.26. The standard InChI is InChI=1S/C12H15Br/c1-9-7-11(9)12(13)8-10-5-3-2-4-6-10/h2-6,9,11-12H,7-8H2,1H3. The summed E-state index contributed by atoms with van der Waals surface area (Å²) >= 11 is 3.78. The summed E-state index contributed by atoms with van der Waals surface area (Å²) in [5.74, 6) is 1.85. The van der Waals surface area contributed by atoms with Crippen LogP contribution in [0.1, 0.15) is 18.9 Å². The third kappa shape index (κ3) is 2.34. The Hall–Kier alpha value is -0.300. The van der Waals surface area contributed by atoms with Gasteiger partial charge in [0.1, 0.15) is 0 Å². The van der Waals surface area contributed by atoms with E-state index >= 15 is 0 Å². The molecule has 0 bridgehead atoms. The number of benzene rings is 1. The van der Waals surface area contributed by atoms with Crippen LogP contribution in [0.4, 0.5) is 0 Å². The Labute approximate surface area is 88.5 Å². The lowest BCUT2D eigenvalue weighted by Gasteiger charge is -2.08. The summed E-state index contributed by atoms with van der Waals surface area (Å²) in [6, 6.07) is 10.7. The second kappa shape index (κ2) is 3.83. The normalized spacial score (nSPS) is 28.5. The van der Waals surface area contributed by atoms with Crippen molar-refractivity contribution < 1.29 is 0 Å². The van der Waals surface area contributed by atoms with E-state index in [-0.39, 0.29) is 0 Å². The van der Waals surface area contributed by atoms with Gasteiger partial charge in [0, 0.05) is 4.83 Å². The number of hydrogen-bond donors (Lipinski definition) is 0. The summed E-state index contributed by atoms with van der Waals surface area (Å²) in [6.07, 6.45) is 2.58. The average Bonchev–Trinajstić information content (AvgIpc) is 2.84. The summed E-state index contributed by atoms with van der Waals surface area (Å²) in [5.41, 5.74) is 1.45. The van der Waals surface area contributed by atoms with Gasteiger partial charge in [0.15, 0.2) is 0 Å². The highest BCUT2D eigenvalue weighted by Crippen LogP contribution is 2.44. The molecule has 1 aliphatic carbocycles. The molecule has 1 saturated carbocycles. The van der Waals surface area contributed by atoms with Crippen LogP contribution in [0, 0.1) is 11.8 Å². The summed E-state index contributed by atoms with van der Waals surface area (Å²) < 4.78 is 0. The van der Waals surface area contributed by atoms with Crippen LogP contribution >= 0.6 is 15.9 Å². The van der Waals surface area contributed by atoms with Crippen LogP contribution in [0.15, 0.2) is 30.3 Å². The van der Waals surface area contributed by atoms with Crippen molar-refractivity contribution in [3.63, 3.8) is 0 Å². The first-order chi connectivity index (χ1) is 6.27. The Morgan fingerprint density at radius 3 is 2.54 bits per heavy atom. The number of alkyl halides is 1. The fourth-order valence-electron chi connectivity index (χ4n) is 1.85. The van der Waals surface area contributed by atoms with E-state index in [1.165, 1.54) is 18.4 Å². The van der Waals surface area contributed by atoms with Crippen molar-refractivity contribution in [2.45, 2.75) is 24.6 Å². The van der Waals surface area contributed by atoms with Crippen molar-refractivity contribution in [3.05, 3.63) is 35.9 Å². The molecule has 70 valence electrons. The molecule has 0 nitrogen and oxygen atoms in total. The minimum Gasteiger partial charge on any atom is -0.0884 e. The Balaban J connectivity index is 1.91. The van der Waals surface area contributed by atoms with Gasteiger partial charge in [-0.2, -0.15) is 0 Å². The summed E-state index contributed by atoms with van der Waals surface area (Å²) in [4.78, 5) is 0.685. The van der Waals surface area contributed by atoms with Crippen molar-refractivity contribution in [1.29, 1.82) is 0 Å². The highest BCUT2D eigenvalue weighted by atomic mass is 79.9.